The molecule has 0 aliphatic heterocycles. The van der Waals surface area contributed by atoms with E-state index < -0.39 is 112 Å². The number of allylic oxidation sites excluding steroid dienone is 4. The Morgan fingerprint density at radius 1 is 0.982 bits per heavy atom. The van der Waals surface area contributed by atoms with E-state index in [2.05, 4.69) is 19.8 Å². The molecule has 4 rings (SSSR count). The molecule has 3 saturated carbocycles. The number of amides is 1. The van der Waals surface area contributed by atoms with Gasteiger partial charge in [0.15, 0.2) is 24.1 Å². The molecule has 9 atom stereocenters. The molecular formula is C34H44N4O19. The lowest BCUT2D eigenvalue weighted by atomic mass is 9.46. The molecule has 23 heteroatoms. The van der Waals surface area contributed by atoms with Gasteiger partial charge >= 0.3 is 17.9 Å². The Balaban J connectivity index is 1.52. The predicted molar refractivity (Wildman–Crippen MR) is 183 cm³/mol. The number of nitrogens with one attached hydrogen (secondary N) is 1. The van der Waals surface area contributed by atoms with Crippen LogP contribution in [0.25, 0.3) is 0 Å². The van der Waals surface area contributed by atoms with Gasteiger partial charge in [0.1, 0.15) is 19.3 Å². The molecule has 3 fully saturated rings. The molecule has 0 aromatic heterocycles. The summed E-state index contributed by atoms with van der Waals surface area (Å²) in [6.45, 7) is 1.27. The van der Waals surface area contributed by atoms with Crippen LogP contribution >= 0.6 is 0 Å². The number of carbonyl (C=O) groups excluding carboxylic acids is 6. The predicted octanol–water partition coefficient (Wildman–Crippen LogP) is 0.871. The average molecular weight is 813 g/mol. The van der Waals surface area contributed by atoms with Gasteiger partial charge in [-0.15, -0.1) is 30.3 Å². The molecule has 0 spiro atoms. The number of carbonyl (C=O) groups is 6. The molecule has 4 aliphatic carbocycles. The lowest BCUT2D eigenvalue weighted by Crippen LogP contribution is -2.63. The second-order valence-corrected chi connectivity index (χ2v) is 14.9. The van der Waals surface area contributed by atoms with E-state index >= 15 is 0 Å². The van der Waals surface area contributed by atoms with Crippen LogP contribution in [0.1, 0.15) is 72.1 Å². The van der Waals surface area contributed by atoms with Gasteiger partial charge in [-0.05, 0) is 62.5 Å². The number of hydrogen-bond acceptors (Lipinski definition) is 19. The number of rotatable bonds is 20. The maximum absolute atomic E-state index is 14.4. The highest BCUT2D eigenvalue weighted by Crippen LogP contribution is 2.68. The zero-order chi connectivity index (χ0) is 42.3. The van der Waals surface area contributed by atoms with E-state index in [1.165, 1.54) is 6.08 Å². The third kappa shape index (κ3) is 9.99. The van der Waals surface area contributed by atoms with E-state index in [9.17, 15) is 64.2 Å². The first-order chi connectivity index (χ1) is 26.7. The third-order valence-corrected chi connectivity index (χ3v) is 11.5. The van der Waals surface area contributed by atoms with Gasteiger partial charge < -0.3 is 39.1 Å². The summed E-state index contributed by atoms with van der Waals surface area (Å²) in [6.07, 6.45) is 2.07. The van der Waals surface area contributed by atoms with Crippen molar-refractivity contribution in [2.45, 2.75) is 96.0 Å². The minimum atomic E-state index is -1.95. The molecular weight excluding hydrogens is 768 g/mol. The van der Waals surface area contributed by atoms with E-state index in [1.807, 2.05) is 6.92 Å². The van der Waals surface area contributed by atoms with Crippen LogP contribution < -0.4 is 5.32 Å². The fraction of sp³-hybridized carbons (Fsp3) is 0.706. The highest BCUT2D eigenvalue weighted by atomic mass is 17.0. The zero-order valence-corrected chi connectivity index (χ0v) is 31.3. The summed E-state index contributed by atoms with van der Waals surface area (Å²) in [5.74, 6) is -6.08. The van der Waals surface area contributed by atoms with Crippen molar-refractivity contribution in [3.05, 3.63) is 54.1 Å². The molecule has 23 nitrogen and oxygen atoms in total. The van der Waals surface area contributed by atoms with Crippen molar-refractivity contribution in [2.24, 2.45) is 28.6 Å². The number of Topliss-reactive ketones (excluding diaryl/α,β-unsaturated/α-hetero) is 1. The largest absolute Gasteiger partial charge is 0.462 e. The van der Waals surface area contributed by atoms with E-state index in [0.717, 1.165) is 12.5 Å². The van der Waals surface area contributed by atoms with Gasteiger partial charge in [-0.25, -0.2) is 4.79 Å². The first kappa shape index (κ1) is 44.0. The van der Waals surface area contributed by atoms with Crippen molar-refractivity contribution < 1.29 is 77.9 Å². The summed E-state index contributed by atoms with van der Waals surface area (Å²) in [5.41, 5.74) is -2.91. The molecule has 0 bridgehead atoms. The van der Waals surface area contributed by atoms with E-state index in [-0.39, 0.29) is 49.2 Å². The van der Waals surface area contributed by atoms with Gasteiger partial charge in [-0.3, -0.25) is 24.0 Å². The Labute approximate surface area is 323 Å². The summed E-state index contributed by atoms with van der Waals surface area (Å²) < 4.78 is 16.1. The minimum absolute atomic E-state index is 0.0226. The number of aliphatic hydroxyl groups is 1. The molecule has 0 saturated heterocycles. The monoisotopic (exact) mass is 812 g/mol. The maximum Gasteiger partial charge on any atom is 0.329 e. The summed E-state index contributed by atoms with van der Waals surface area (Å²) in [6, 6.07) is -1.76. The number of aliphatic hydroxyl groups excluding tert-OH is 1. The number of ether oxygens (including phenoxy) is 3. The molecule has 0 aromatic carbocycles. The Morgan fingerprint density at radius 3 is 2.33 bits per heavy atom. The Bertz CT molecular complexity index is 1720. The van der Waals surface area contributed by atoms with E-state index in [1.54, 1.807) is 19.1 Å². The van der Waals surface area contributed by atoms with Gasteiger partial charge in [0.2, 0.25) is 11.7 Å². The fourth-order valence-corrected chi connectivity index (χ4v) is 9.17. The fourth-order valence-electron chi connectivity index (χ4n) is 9.17. The van der Waals surface area contributed by atoms with Crippen molar-refractivity contribution in [1.29, 1.82) is 0 Å². The van der Waals surface area contributed by atoms with Gasteiger partial charge in [0.05, 0.1) is 19.1 Å². The zero-order valence-electron chi connectivity index (χ0n) is 31.3. The SMILES string of the molecule is CC(=O)NC(CC(=O)OCC(=O)[C@@]1(OC(=O)CCCO[N+](=O)[O-])CCC2C3CCC4=CC(=O)C=C[C@]4(C)[C@H]3[C@@H](O)C[C@@]21C)C(=O)OCC(CO[N+](=O)[O-])O[N+](=O)[O-]. The molecule has 1 amide bonds. The molecule has 0 heterocycles. The second-order valence-electron chi connectivity index (χ2n) is 14.9. The van der Waals surface area contributed by atoms with Gasteiger partial charge in [-0.2, -0.15) is 0 Å². The third-order valence-electron chi connectivity index (χ3n) is 11.5. The standard InChI is InChI=1S/C34H44N4O19/c1-19(39)35-25(31(45)53-16-22(57-38(50)51)17-55-37(48)49)14-29(44)52-18-27(42)34(56-28(43)5-4-12-54-36(46)47)11-9-24-23-7-6-20-13-21(40)8-10-32(20,2)30(23)26(41)15-33(24,34)3/h8,10,13,22-26,30,41H,4-7,9,11-12,14-18H2,1-3H3,(H,35,39)/t22?,23?,24?,25?,26-,30+,32-,33-,34-/m0/s1. The number of esters is 3. The molecule has 0 aromatic rings. The van der Waals surface area contributed by atoms with Crippen LogP contribution in [0, 0.1) is 58.9 Å². The first-order valence-electron chi connectivity index (χ1n) is 18.0. The molecule has 314 valence electrons. The normalized spacial score (nSPS) is 29.4. The number of hydrogen-bond donors (Lipinski definition) is 2. The van der Waals surface area contributed by atoms with Gasteiger partial charge in [0.25, 0.3) is 15.3 Å². The van der Waals surface area contributed by atoms with Crippen LogP contribution in [0.2, 0.25) is 0 Å². The average Bonchev–Trinajstić information content (AvgIpc) is 3.41. The topological polar surface area (TPSA) is 319 Å². The molecule has 57 heavy (non-hydrogen) atoms. The van der Waals surface area contributed by atoms with Crippen LogP contribution in [0.3, 0.4) is 0 Å². The highest BCUT2D eigenvalue weighted by Gasteiger charge is 2.70. The number of ketones is 2. The smallest absolute Gasteiger partial charge is 0.329 e. The summed E-state index contributed by atoms with van der Waals surface area (Å²) >= 11 is 0. The van der Waals surface area contributed by atoms with Crippen molar-refractivity contribution in [3.63, 3.8) is 0 Å². The van der Waals surface area contributed by atoms with Crippen molar-refractivity contribution in [1.82, 2.24) is 5.32 Å². The summed E-state index contributed by atoms with van der Waals surface area (Å²) in [7, 11) is 0. The maximum atomic E-state index is 14.4. The van der Waals surface area contributed by atoms with Crippen molar-refractivity contribution >= 4 is 35.4 Å². The second kappa shape index (κ2) is 18.0. The molecule has 4 aliphatic rings. The molecule has 4 unspecified atom stereocenters. The van der Waals surface area contributed by atoms with Crippen molar-refractivity contribution in [3.8, 4) is 0 Å². The van der Waals surface area contributed by atoms with Crippen LogP contribution in [0.5, 0.6) is 0 Å². The van der Waals surface area contributed by atoms with Gasteiger partial charge in [-0.1, -0.05) is 25.5 Å². The van der Waals surface area contributed by atoms with Crippen LogP contribution in [0.4, 0.5) is 0 Å². The van der Waals surface area contributed by atoms with Crippen molar-refractivity contribution in [2.75, 3.05) is 26.4 Å². The molecule has 0 radical (unpaired) electrons. The lowest BCUT2D eigenvalue weighted by molar-refractivity contribution is -0.790. The minimum Gasteiger partial charge on any atom is -0.462 e. The van der Waals surface area contributed by atoms with Crippen LogP contribution in [-0.4, -0.2) is 106 Å². The Morgan fingerprint density at radius 2 is 1.68 bits per heavy atom. The highest BCUT2D eigenvalue weighted by molar-refractivity contribution is 6.01. The summed E-state index contributed by atoms with van der Waals surface area (Å²) in [4.78, 5) is 122. The van der Waals surface area contributed by atoms with Gasteiger partial charge in [0, 0.05) is 30.1 Å². The quantitative estimate of drug-likeness (QED) is 0.0566. The molecule has 2 N–H and O–H groups in total. The number of nitrogens with zero attached hydrogens (tertiary/aromatic N) is 3. The Kier molecular flexibility index (Phi) is 13.9. The lowest BCUT2D eigenvalue weighted by Gasteiger charge is -2.59. The van der Waals surface area contributed by atoms with E-state index in [0.29, 0.717) is 19.3 Å². The number of fused-ring (bicyclic) bond motifs is 5. The van der Waals surface area contributed by atoms with E-state index in [4.69, 9.17) is 14.2 Å². The van der Waals surface area contributed by atoms with Crippen LogP contribution in [0.15, 0.2) is 23.8 Å². The first-order valence-corrected chi connectivity index (χ1v) is 18.0. The van der Waals surface area contributed by atoms with Crippen LogP contribution in [-0.2, 0) is 57.5 Å². The summed E-state index contributed by atoms with van der Waals surface area (Å²) in [5, 5.41) is 42.2. The Hall–Kier alpha value is -5.74.